The molecule has 0 aromatic rings. The molecule has 2 atom stereocenters. The first-order chi connectivity index (χ1) is 6.16. The van der Waals surface area contributed by atoms with Gasteiger partial charge in [0, 0.05) is 6.04 Å². The summed E-state index contributed by atoms with van der Waals surface area (Å²) in [5, 5.41) is 10.1. The highest BCUT2D eigenvalue weighted by Crippen LogP contribution is 2.33. The second-order valence-electron chi connectivity index (χ2n) is 4.54. The molecule has 1 saturated carbocycles. The molecule has 78 valence electrons. The Morgan fingerprint density at radius 2 is 2.15 bits per heavy atom. The van der Waals surface area contributed by atoms with Crippen LogP contribution in [0.3, 0.4) is 0 Å². The van der Waals surface area contributed by atoms with E-state index in [-0.39, 0.29) is 6.04 Å². The minimum absolute atomic E-state index is 0.246. The Hall–Kier alpha value is -0.0800. The van der Waals surface area contributed by atoms with Crippen molar-refractivity contribution in [1.82, 2.24) is 0 Å². The van der Waals surface area contributed by atoms with E-state index in [1.54, 1.807) is 0 Å². The smallest absolute Gasteiger partial charge is 0.0663 e. The van der Waals surface area contributed by atoms with E-state index < -0.39 is 5.60 Å². The van der Waals surface area contributed by atoms with Crippen LogP contribution >= 0.6 is 0 Å². The Morgan fingerprint density at radius 3 is 2.69 bits per heavy atom. The van der Waals surface area contributed by atoms with Gasteiger partial charge in [0.2, 0.25) is 0 Å². The van der Waals surface area contributed by atoms with Crippen LogP contribution in [0.5, 0.6) is 0 Å². The molecule has 2 unspecified atom stereocenters. The van der Waals surface area contributed by atoms with Gasteiger partial charge in [-0.1, -0.05) is 32.6 Å². The van der Waals surface area contributed by atoms with Gasteiger partial charge in [-0.2, -0.15) is 0 Å². The molecule has 1 aliphatic rings. The molecule has 0 aliphatic heterocycles. The Kier molecular flexibility index (Phi) is 4.20. The summed E-state index contributed by atoms with van der Waals surface area (Å²) >= 11 is 0. The number of nitrogens with two attached hydrogens (primary N) is 1. The van der Waals surface area contributed by atoms with Crippen molar-refractivity contribution in [3.63, 3.8) is 0 Å². The van der Waals surface area contributed by atoms with E-state index in [0.29, 0.717) is 0 Å². The van der Waals surface area contributed by atoms with E-state index in [0.717, 1.165) is 32.1 Å². The number of hydrogen-bond acceptors (Lipinski definition) is 2. The lowest BCUT2D eigenvalue weighted by atomic mass is 9.94. The highest BCUT2D eigenvalue weighted by atomic mass is 16.3. The van der Waals surface area contributed by atoms with Crippen molar-refractivity contribution in [3.05, 3.63) is 0 Å². The zero-order valence-electron chi connectivity index (χ0n) is 8.76. The normalized spacial score (nSPS) is 33.9. The summed E-state index contributed by atoms with van der Waals surface area (Å²) in [5.74, 6) is 0. The summed E-state index contributed by atoms with van der Waals surface area (Å²) in [6.45, 7) is 2.21. The third-order valence-electron chi connectivity index (χ3n) is 3.12. The van der Waals surface area contributed by atoms with E-state index >= 15 is 0 Å². The van der Waals surface area contributed by atoms with Gasteiger partial charge in [-0.25, -0.2) is 0 Å². The third-order valence-corrected chi connectivity index (χ3v) is 3.12. The predicted molar refractivity (Wildman–Crippen MR) is 55.5 cm³/mol. The topological polar surface area (TPSA) is 46.2 Å². The zero-order chi connectivity index (χ0) is 9.73. The molecule has 0 amide bonds. The average Bonchev–Trinajstić information content (AvgIpc) is 2.41. The van der Waals surface area contributed by atoms with Gasteiger partial charge in [-0.15, -0.1) is 0 Å². The van der Waals surface area contributed by atoms with Crippen LogP contribution in [0.1, 0.15) is 58.3 Å². The molecule has 0 spiro atoms. The molecule has 2 nitrogen and oxygen atoms in total. The Labute approximate surface area is 81.5 Å². The minimum Gasteiger partial charge on any atom is -0.390 e. The summed E-state index contributed by atoms with van der Waals surface area (Å²) < 4.78 is 0. The van der Waals surface area contributed by atoms with Crippen LogP contribution in [0.25, 0.3) is 0 Å². The van der Waals surface area contributed by atoms with Gasteiger partial charge >= 0.3 is 0 Å². The molecule has 0 radical (unpaired) electrons. The minimum atomic E-state index is -0.410. The standard InChI is InChI=1S/C11H23NO/c1-2-3-4-5-7-11(13)8-6-10(12)9-11/h10,13H,2-9,12H2,1H3. The summed E-state index contributed by atoms with van der Waals surface area (Å²) in [4.78, 5) is 0. The fourth-order valence-electron chi connectivity index (χ4n) is 2.25. The Balaban J connectivity index is 2.12. The Bertz CT molecular complexity index is 149. The summed E-state index contributed by atoms with van der Waals surface area (Å²) in [5.41, 5.74) is 5.37. The first-order valence-corrected chi connectivity index (χ1v) is 5.64. The zero-order valence-corrected chi connectivity index (χ0v) is 8.76. The van der Waals surface area contributed by atoms with E-state index in [1.807, 2.05) is 0 Å². The first-order valence-electron chi connectivity index (χ1n) is 5.64. The second-order valence-corrected chi connectivity index (χ2v) is 4.54. The number of aliphatic hydroxyl groups is 1. The van der Waals surface area contributed by atoms with Crippen LogP contribution in [0.4, 0.5) is 0 Å². The lowest BCUT2D eigenvalue weighted by Crippen LogP contribution is -2.27. The largest absolute Gasteiger partial charge is 0.390 e. The molecule has 0 saturated heterocycles. The van der Waals surface area contributed by atoms with Gasteiger partial charge in [0.1, 0.15) is 0 Å². The summed E-state index contributed by atoms with van der Waals surface area (Å²) in [7, 11) is 0. The maximum atomic E-state index is 10.1. The van der Waals surface area contributed by atoms with Crippen molar-refractivity contribution in [1.29, 1.82) is 0 Å². The van der Waals surface area contributed by atoms with Crippen molar-refractivity contribution in [2.45, 2.75) is 69.9 Å². The van der Waals surface area contributed by atoms with Crippen molar-refractivity contribution in [2.75, 3.05) is 0 Å². The van der Waals surface area contributed by atoms with Crippen LogP contribution in [-0.2, 0) is 0 Å². The molecular formula is C11H23NO. The maximum Gasteiger partial charge on any atom is 0.0663 e. The lowest BCUT2D eigenvalue weighted by molar-refractivity contribution is 0.0349. The van der Waals surface area contributed by atoms with Gasteiger partial charge in [0.15, 0.2) is 0 Å². The van der Waals surface area contributed by atoms with Gasteiger partial charge in [0.25, 0.3) is 0 Å². The Morgan fingerprint density at radius 1 is 1.38 bits per heavy atom. The molecule has 0 heterocycles. The molecule has 3 N–H and O–H groups in total. The van der Waals surface area contributed by atoms with Crippen LogP contribution in [0.2, 0.25) is 0 Å². The quantitative estimate of drug-likeness (QED) is 0.645. The van der Waals surface area contributed by atoms with Crippen LogP contribution < -0.4 is 5.73 Å². The highest BCUT2D eigenvalue weighted by molar-refractivity contribution is 4.90. The van der Waals surface area contributed by atoms with Crippen LogP contribution in [0, 0.1) is 0 Å². The van der Waals surface area contributed by atoms with Gasteiger partial charge < -0.3 is 10.8 Å². The second kappa shape index (κ2) is 4.97. The van der Waals surface area contributed by atoms with E-state index in [4.69, 9.17) is 5.73 Å². The molecule has 1 rings (SSSR count). The molecule has 0 aromatic carbocycles. The molecule has 2 heteroatoms. The molecule has 1 aliphatic carbocycles. The average molecular weight is 185 g/mol. The SMILES string of the molecule is CCCCCCC1(O)CCC(N)C1. The third kappa shape index (κ3) is 3.65. The predicted octanol–water partition coefficient (Wildman–Crippen LogP) is 2.20. The van der Waals surface area contributed by atoms with Gasteiger partial charge in [-0.3, -0.25) is 0 Å². The monoisotopic (exact) mass is 185 g/mol. The van der Waals surface area contributed by atoms with Crippen molar-refractivity contribution >= 4 is 0 Å². The highest BCUT2D eigenvalue weighted by Gasteiger charge is 2.34. The van der Waals surface area contributed by atoms with Crippen molar-refractivity contribution in [3.8, 4) is 0 Å². The number of unbranched alkanes of at least 4 members (excludes halogenated alkanes) is 3. The fraction of sp³-hybridized carbons (Fsp3) is 1.00. The molecule has 0 aromatic heterocycles. The molecule has 13 heavy (non-hydrogen) atoms. The van der Waals surface area contributed by atoms with E-state index in [9.17, 15) is 5.11 Å². The van der Waals surface area contributed by atoms with E-state index in [2.05, 4.69) is 6.92 Å². The number of hydrogen-bond donors (Lipinski definition) is 2. The van der Waals surface area contributed by atoms with Gasteiger partial charge in [-0.05, 0) is 25.7 Å². The van der Waals surface area contributed by atoms with Crippen molar-refractivity contribution in [2.24, 2.45) is 5.73 Å². The first kappa shape index (κ1) is 11.0. The van der Waals surface area contributed by atoms with Crippen LogP contribution in [-0.4, -0.2) is 16.7 Å². The van der Waals surface area contributed by atoms with Crippen LogP contribution in [0.15, 0.2) is 0 Å². The number of rotatable bonds is 5. The molecular weight excluding hydrogens is 162 g/mol. The summed E-state index contributed by atoms with van der Waals surface area (Å²) in [6.07, 6.45) is 8.68. The molecule has 1 fully saturated rings. The fourth-order valence-corrected chi connectivity index (χ4v) is 2.25. The summed E-state index contributed by atoms with van der Waals surface area (Å²) in [6, 6.07) is 0.246. The van der Waals surface area contributed by atoms with Crippen molar-refractivity contribution < 1.29 is 5.11 Å². The van der Waals surface area contributed by atoms with Gasteiger partial charge in [0.05, 0.1) is 5.60 Å². The maximum absolute atomic E-state index is 10.1. The molecule has 0 bridgehead atoms. The van der Waals surface area contributed by atoms with E-state index in [1.165, 1.54) is 19.3 Å². The lowest BCUT2D eigenvalue weighted by Gasteiger charge is -2.22.